The summed E-state index contributed by atoms with van der Waals surface area (Å²) in [7, 11) is 0. The number of hydrogen-bond acceptors (Lipinski definition) is 5. The highest BCUT2D eigenvalue weighted by atomic mass is 32.1. The second kappa shape index (κ2) is 6.44. The molecular formula is C19H19N3O2S. The molecule has 3 aromatic rings. The molecule has 0 saturated carbocycles. The van der Waals surface area contributed by atoms with Crippen molar-refractivity contribution in [3.05, 3.63) is 52.7 Å². The van der Waals surface area contributed by atoms with Gasteiger partial charge in [0.25, 0.3) is 5.89 Å². The number of anilines is 1. The molecule has 1 aromatic carbocycles. The lowest BCUT2D eigenvalue weighted by Gasteiger charge is -2.16. The molecule has 0 N–H and O–H groups in total. The van der Waals surface area contributed by atoms with Gasteiger partial charge in [-0.2, -0.15) is 4.98 Å². The van der Waals surface area contributed by atoms with E-state index in [0.29, 0.717) is 24.7 Å². The SMILES string of the molecule is CCc1ccc(N2CC(c3noc(-c4sccc4C)n3)CC2=O)cc1. The van der Waals surface area contributed by atoms with Crippen molar-refractivity contribution in [2.75, 3.05) is 11.4 Å². The van der Waals surface area contributed by atoms with Crippen LogP contribution in [0.5, 0.6) is 0 Å². The van der Waals surface area contributed by atoms with Gasteiger partial charge in [0.2, 0.25) is 5.91 Å². The van der Waals surface area contributed by atoms with Crippen molar-refractivity contribution in [3.8, 4) is 10.8 Å². The van der Waals surface area contributed by atoms with Gasteiger partial charge in [-0.25, -0.2) is 0 Å². The number of thiophene rings is 1. The maximum absolute atomic E-state index is 12.4. The molecule has 0 radical (unpaired) electrons. The minimum atomic E-state index is -0.0314. The summed E-state index contributed by atoms with van der Waals surface area (Å²) in [5.74, 6) is 1.23. The van der Waals surface area contributed by atoms with Crippen LogP contribution < -0.4 is 4.90 Å². The molecule has 1 unspecified atom stereocenters. The van der Waals surface area contributed by atoms with Crippen LogP contribution in [0.1, 0.15) is 36.2 Å². The van der Waals surface area contributed by atoms with Crippen molar-refractivity contribution < 1.29 is 9.32 Å². The van der Waals surface area contributed by atoms with Crippen molar-refractivity contribution in [1.82, 2.24) is 10.1 Å². The van der Waals surface area contributed by atoms with Crippen molar-refractivity contribution in [3.63, 3.8) is 0 Å². The summed E-state index contributed by atoms with van der Waals surface area (Å²) >= 11 is 1.59. The van der Waals surface area contributed by atoms with E-state index in [-0.39, 0.29) is 11.8 Å². The molecule has 0 spiro atoms. The van der Waals surface area contributed by atoms with Gasteiger partial charge in [0.15, 0.2) is 5.82 Å². The Kier molecular flexibility index (Phi) is 4.13. The quantitative estimate of drug-likeness (QED) is 0.706. The summed E-state index contributed by atoms with van der Waals surface area (Å²) in [6.07, 6.45) is 1.41. The minimum Gasteiger partial charge on any atom is -0.333 e. The van der Waals surface area contributed by atoms with Crippen LogP contribution >= 0.6 is 11.3 Å². The summed E-state index contributed by atoms with van der Waals surface area (Å²) in [5.41, 5.74) is 3.32. The van der Waals surface area contributed by atoms with Crippen molar-refractivity contribution in [1.29, 1.82) is 0 Å². The van der Waals surface area contributed by atoms with Crippen LogP contribution in [0.3, 0.4) is 0 Å². The Bertz CT molecular complexity index is 898. The fourth-order valence-corrected chi connectivity index (χ4v) is 3.97. The molecule has 1 aliphatic rings. The Morgan fingerprint density at radius 2 is 2.08 bits per heavy atom. The third kappa shape index (κ3) is 2.98. The lowest BCUT2D eigenvalue weighted by atomic mass is 10.1. The Balaban J connectivity index is 1.54. The summed E-state index contributed by atoms with van der Waals surface area (Å²) in [6.45, 7) is 4.73. The monoisotopic (exact) mass is 353 g/mol. The molecule has 0 bridgehead atoms. The fourth-order valence-electron chi connectivity index (χ4n) is 3.13. The molecular weight excluding hydrogens is 334 g/mol. The first-order valence-corrected chi connectivity index (χ1v) is 9.31. The summed E-state index contributed by atoms with van der Waals surface area (Å²) < 4.78 is 5.43. The van der Waals surface area contributed by atoms with Crippen molar-refractivity contribution in [2.45, 2.75) is 32.6 Å². The van der Waals surface area contributed by atoms with E-state index in [9.17, 15) is 4.79 Å². The number of amides is 1. The predicted octanol–water partition coefficient (Wildman–Crippen LogP) is 4.19. The van der Waals surface area contributed by atoms with Gasteiger partial charge in [0.1, 0.15) is 0 Å². The lowest BCUT2D eigenvalue weighted by Crippen LogP contribution is -2.24. The van der Waals surface area contributed by atoms with Crippen LogP contribution in [-0.2, 0) is 11.2 Å². The molecule has 1 atom stereocenters. The zero-order valence-electron chi connectivity index (χ0n) is 14.2. The van der Waals surface area contributed by atoms with Gasteiger partial charge in [-0.15, -0.1) is 11.3 Å². The standard InChI is InChI=1S/C19H19N3O2S/c1-3-13-4-6-15(7-5-13)22-11-14(10-16(22)23)18-20-19(24-21-18)17-12(2)8-9-25-17/h4-9,14H,3,10-11H2,1-2H3. The molecule has 4 rings (SSSR count). The summed E-state index contributed by atoms with van der Waals surface area (Å²) in [6, 6.07) is 10.2. The second-order valence-electron chi connectivity index (χ2n) is 6.32. The largest absolute Gasteiger partial charge is 0.333 e. The van der Waals surface area contributed by atoms with Crippen LogP contribution in [0.4, 0.5) is 5.69 Å². The molecule has 128 valence electrons. The van der Waals surface area contributed by atoms with Crippen LogP contribution in [-0.4, -0.2) is 22.6 Å². The van der Waals surface area contributed by atoms with E-state index in [4.69, 9.17) is 4.52 Å². The average Bonchev–Trinajstić information content (AvgIpc) is 3.34. The Morgan fingerprint density at radius 1 is 1.28 bits per heavy atom. The summed E-state index contributed by atoms with van der Waals surface area (Å²) in [4.78, 5) is 19.8. The molecule has 0 aliphatic carbocycles. The van der Waals surface area contributed by atoms with E-state index in [0.717, 1.165) is 22.5 Å². The number of carbonyl (C=O) groups excluding carboxylic acids is 1. The van der Waals surface area contributed by atoms with Gasteiger partial charge in [-0.1, -0.05) is 24.2 Å². The number of benzene rings is 1. The van der Waals surface area contributed by atoms with Gasteiger partial charge < -0.3 is 9.42 Å². The molecule has 2 aromatic heterocycles. The molecule has 1 amide bonds. The summed E-state index contributed by atoms with van der Waals surface area (Å²) in [5, 5.41) is 6.14. The Hall–Kier alpha value is -2.47. The Morgan fingerprint density at radius 3 is 2.76 bits per heavy atom. The normalized spacial score (nSPS) is 17.4. The van der Waals surface area contributed by atoms with E-state index in [1.165, 1.54) is 5.56 Å². The average molecular weight is 353 g/mol. The molecule has 3 heterocycles. The number of nitrogens with zero attached hydrogens (tertiary/aromatic N) is 3. The van der Waals surface area contributed by atoms with Gasteiger partial charge in [0, 0.05) is 24.6 Å². The second-order valence-corrected chi connectivity index (χ2v) is 7.23. The van der Waals surface area contributed by atoms with Crippen LogP contribution in [0.15, 0.2) is 40.2 Å². The van der Waals surface area contributed by atoms with E-state index in [2.05, 4.69) is 29.2 Å². The Labute approximate surface area is 150 Å². The molecule has 5 nitrogen and oxygen atoms in total. The smallest absolute Gasteiger partial charge is 0.268 e. The van der Waals surface area contributed by atoms with Crippen LogP contribution in [0.25, 0.3) is 10.8 Å². The zero-order valence-corrected chi connectivity index (χ0v) is 15.0. The third-order valence-corrected chi connectivity index (χ3v) is 5.65. The molecule has 25 heavy (non-hydrogen) atoms. The number of hydrogen-bond donors (Lipinski definition) is 0. The van der Waals surface area contributed by atoms with Crippen LogP contribution in [0, 0.1) is 6.92 Å². The first-order chi connectivity index (χ1) is 12.2. The third-order valence-electron chi connectivity index (χ3n) is 4.64. The first-order valence-electron chi connectivity index (χ1n) is 8.43. The number of aryl methyl sites for hydroxylation is 2. The molecule has 1 saturated heterocycles. The number of carbonyl (C=O) groups is 1. The topological polar surface area (TPSA) is 59.2 Å². The van der Waals surface area contributed by atoms with Crippen molar-refractivity contribution >= 4 is 22.9 Å². The highest BCUT2D eigenvalue weighted by Crippen LogP contribution is 2.33. The van der Waals surface area contributed by atoms with Gasteiger partial charge in [-0.05, 0) is 48.1 Å². The molecule has 6 heteroatoms. The van der Waals surface area contributed by atoms with E-state index < -0.39 is 0 Å². The molecule has 1 aliphatic heterocycles. The number of rotatable bonds is 4. The van der Waals surface area contributed by atoms with E-state index >= 15 is 0 Å². The minimum absolute atomic E-state index is 0.0314. The van der Waals surface area contributed by atoms with Crippen molar-refractivity contribution in [2.24, 2.45) is 0 Å². The van der Waals surface area contributed by atoms with Gasteiger partial charge >= 0.3 is 0 Å². The first kappa shape index (κ1) is 16.0. The van der Waals surface area contributed by atoms with Crippen LogP contribution in [0.2, 0.25) is 0 Å². The van der Waals surface area contributed by atoms with Gasteiger partial charge in [0.05, 0.1) is 4.88 Å². The maximum Gasteiger partial charge on any atom is 0.268 e. The highest BCUT2D eigenvalue weighted by molar-refractivity contribution is 7.13. The predicted molar refractivity (Wildman–Crippen MR) is 97.9 cm³/mol. The lowest BCUT2D eigenvalue weighted by molar-refractivity contribution is -0.117. The van der Waals surface area contributed by atoms with Gasteiger partial charge in [-0.3, -0.25) is 4.79 Å². The zero-order chi connectivity index (χ0) is 17.4. The maximum atomic E-state index is 12.4. The fraction of sp³-hybridized carbons (Fsp3) is 0.316. The van der Waals surface area contributed by atoms with E-state index in [1.807, 2.05) is 35.4 Å². The number of aromatic nitrogens is 2. The molecule has 1 fully saturated rings. The van der Waals surface area contributed by atoms with E-state index in [1.54, 1.807) is 11.3 Å². The highest BCUT2D eigenvalue weighted by Gasteiger charge is 2.34.